The molecule has 2 aromatic rings. The van der Waals surface area contributed by atoms with Crippen LogP contribution in [0.1, 0.15) is 12.5 Å². The molecule has 0 spiro atoms. The summed E-state index contributed by atoms with van der Waals surface area (Å²) in [5, 5.41) is 4.17. The average Bonchev–Trinajstić information content (AvgIpc) is 2.43. The molecule has 20 heavy (non-hydrogen) atoms. The highest BCUT2D eigenvalue weighted by Crippen LogP contribution is 2.26. The molecule has 2 aromatic carbocycles. The number of ether oxygens (including phenoxy) is 1. The first-order chi connectivity index (χ1) is 9.58. The van der Waals surface area contributed by atoms with Gasteiger partial charge < -0.3 is 10.1 Å². The van der Waals surface area contributed by atoms with Gasteiger partial charge >= 0.3 is 0 Å². The Morgan fingerprint density at radius 3 is 2.55 bits per heavy atom. The summed E-state index contributed by atoms with van der Waals surface area (Å²) in [5.41, 5.74) is 2.21. The maximum absolute atomic E-state index is 6.18. The fourth-order valence-corrected chi connectivity index (χ4v) is 2.57. The molecular formula is C16H17BrClNO. The Bertz CT molecular complexity index is 571. The molecule has 0 aromatic heterocycles. The molecule has 0 aliphatic heterocycles. The zero-order valence-electron chi connectivity index (χ0n) is 11.5. The quantitative estimate of drug-likeness (QED) is 0.801. The standard InChI is InChI=1S/C16H17BrClNO/c1-11(9-12-3-6-14(20-2)7-4-12)19-16-10-13(17)5-8-15(16)18/h3-8,10-11,19H,9H2,1-2H3. The maximum atomic E-state index is 6.18. The van der Waals surface area contributed by atoms with Crippen molar-refractivity contribution >= 4 is 33.2 Å². The Hall–Kier alpha value is -1.19. The van der Waals surface area contributed by atoms with Gasteiger partial charge in [0.2, 0.25) is 0 Å². The summed E-state index contributed by atoms with van der Waals surface area (Å²) in [4.78, 5) is 0. The second-order valence-electron chi connectivity index (χ2n) is 4.72. The number of hydrogen-bond donors (Lipinski definition) is 1. The van der Waals surface area contributed by atoms with Crippen LogP contribution in [0.15, 0.2) is 46.9 Å². The van der Waals surface area contributed by atoms with Crippen LogP contribution in [0.3, 0.4) is 0 Å². The molecular weight excluding hydrogens is 338 g/mol. The van der Waals surface area contributed by atoms with Crippen LogP contribution in [0.4, 0.5) is 5.69 Å². The fourth-order valence-electron chi connectivity index (χ4n) is 2.04. The number of benzene rings is 2. The van der Waals surface area contributed by atoms with E-state index in [-0.39, 0.29) is 6.04 Å². The molecule has 0 fully saturated rings. The van der Waals surface area contributed by atoms with Crippen LogP contribution in [0.2, 0.25) is 5.02 Å². The van der Waals surface area contributed by atoms with Crippen molar-refractivity contribution in [1.29, 1.82) is 0 Å². The van der Waals surface area contributed by atoms with Crippen LogP contribution in [0.5, 0.6) is 5.75 Å². The summed E-state index contributed by atoms with van der Waals surface area (Å²) < 4.78 is 6.18. The minimum absolute atomic E-state index is 0.287. The van der Waals surface area contributed by atoms with Gasteiger partial charge in [-0.3, -0.25) is 0 Å². The minimum Gasteiger partial charge on any atom is -0.497 e. The van der Waals surface area contributed by atoms with E-state index in [9.17, 15) is 0 Å². The predicted molar refractivity (Wildman–Crippen MR) is 88.9 cm³/mol. The van der Waals surface area contributed by atoms with Crippen molar-refractivity contribution in [3.8, 4) is 5.75 Å². The lowest BCUT2D eigenvalue weighted by Gasteiger charge is -2.17. The zero-order valence-corrected chi connectivity index (χ0v) is 13.8. The molecule has 0 heterocycles. The number of rotatable bonds is 5. The molecule has 1 N–H and O–H groups in total. The Morgan fingerprint density at radius 2 is 1.90 bits per heavy atom. The molecule has 0 radical (unpaired) electrons. The van der Waals surface area contributed by atoms with E-state index in [4.69, 9.17) is 16.3 Å². The van der Waals surface area contributed by atoms with E-state index in [1.54, 1.807) is 7.11 Å². The topological polar surface area (TPSA) is 21.3 Å². The summed E-state index contributed by atoms with van der Waals surface area (Å²) in [5.74, 6) is 0.879. The van der Waals surface area contributed by atoms with Crippen molar-refractivity contribution in [2.24, 2.45) is 0 Å². The molecule has 0 bridgehead atoms. The summed E-state index contributed by atoms with van der Waals surface area (Å²) in [6.45, 7) is 2.14. The molecule has 0 aliphatic rings. The highest BCUT2D eigenvalue weighted by Gasteiger charge is 2.07. The van der Waals surface area contributed by atoms with Crippen molar-refractivity contribution in [3.63, 3.8) is 0 Å². The average molecular weight is 355 g/mol. The molecule has 0 aliphatic carbocycles. The Morgan fingerprint density at radius 1 is 1.20 bits per heavy atom. The van der Waals surface area contributed by atoms with Gasteiger partial charge in [0.25, 0.3) is 0 Å². The molecule has 1 unspecified atom stereocenters. The van der Waals surface area contributed by atoms with Gasteiger partial charge in [0.05, 0.1) is 17.8 Å². The van der Waals surface area contributed by atoms with E-state index < -0.39 is 0 Å². The predicted octanol–water partition coefficient (Wildman–Crippen LogP) is 5.15. The largest absolute Gasteiger partial charge is 0.497 e. The van der Waals surface area contributed by atoms with E-state index in [0.29, 0.717) is 0 Å². The fraction of sp³-hybridized carbons (Fsp3) is 0.250. The lowest BCUT2D eigenvalue weighted by molar-refractivity contribution is 0.414. The summed E-state index contributed by atoms with van der Waals surface area (Å²) in [6.07, 6.45) is 0.923. The van der Waals surface area contributed by atoms with Crippen LogP contribution in [0.25, 0.3) is 0 Å². The van der Waals surface area contributed by atoms with Gasteiger partial charge in [-0.1, -0.05) is 39.7 Å². The number of halogens is 2. The molecule has 0 saturated heterocycles. The highest BCUT2D eigenvalue weighted by molar-refractivity contribution is 9.10. The Balaban J connectivity index is 2.00. The van der Waals surface area contributed by atoms with Gasteiger partial charge in [-0.05, 0) is 49.2 Å². The molecule has 1 atom stereocenters. The summed E-state index contributed by atoms with van der Waals surface area (Å²) in [6, 6.07) is 14.2. The lowest BCUT2D eigenvalue weighted by atomic mass is 10.1. The van der Waals surface area contributed by atoms with Crippen molar-refractivity contribution in [3.05, 3.63) is 57.5 Å². The third-order valence-electron chi connectivity index (χ3n) is 3.03. The molecule has 0 saturated carbocycles. The van der Waals surface area contributed by atoms with Gasteiger partial charge in [-0.15, -0.1) is 0 Å². The van der Waals surface area contributed by atoms with Crippen LogP contribution < -0.4 is 10.1 Å². The van der Waals surface area contributed by atoms with Gasteiger partial charge in [-0.2, -0.15) is 0 Å². The smallest absolute Gasteiger partial charge is 0.118 e. The Labute approximate surface area is 133 Å². The third-order valence-corrected chi connectivity index (χ3v) is 3.85. The molecule has 2 rings (SSSR count). The number of hydrogen-bond acceptors (Lipinski definition) is 2. The van der Waals surface area contributed by atoms with Gasteiger partial charge in [0.15, 0.2) is 0 Å². The van der Waals surface area contributed by atoms with E-state index in [1.807, 2.05) is 30.3 Å². The van der Waals surface area contributed by atoms with Gasteiger partial charge in [0, 0.05) is 10.5 Å². The molecule has 2 nitrogen and oxygen atoms in total. The molecule has 0 amide bonds. The van der Waals surface area contributed by atoms with Gasteiger partial charge in [0.1, 0.15) is 5.75 Å². The van der Waals surface area contributed by atoms with Crippen LogP contribution >= 0.6 is 27.5 Å². The van der Waals surface area contributed by atoms with E-state index in [1.165, 1.54) is 5.56 Å². The molecule has 4 heteroatoms. The first kappa shape index (κ1) is 15.2. The van der Waals surface area contributed by atoms with Crippen LogP contribution in [0, 0.1) is 0 Å². The number of anilines is 1. The van der Waals surface area contributed by atoms with E-state index >= 15 is 0 Å². The summed E-state index contributed by atoms with van der Waals surface area (Å²) in [7, 11) is 1.68. The van der Waals surface area contributed by atoms with Crippen molar-refractivity contribution < 1.29 is 4.74 Å². The van der Waals surface area contributed by atoms with Crippen molar-refractivity contribution in [2.75, 3.05) is 12.4 Å². The Kier molecular flexibility index (Phi) is 5.32. The van der Waals surface area contributed by atoms with E-state index in [0.717, 1.165) is 27.4 Å². The first-order valence-electron chi connectivity index (χ1n) is 6.43. The van der Waals surface area contributed by atoms with Crippen molar-refractivity contribution in [1.82, 2.24) is 0 Å². The van der Waals surface area contributed by atoms with E-state index in [2.05, 4.69) is 40.3 Å². The molecule has 106 valence electrons. The lowest BCUT2D eigenvalue weighted by Crippen LogP contribution is -2.18. The van der Waals surface area contributed by atoms with Crippen molar-refractivity contribution in [2.45, 2.75) is 19.4 Å². The van der Waals surface area contributed by atoms with Crippen LogP contribution in [-0.2, 0) is 6.42 Å². The SMILES string of the molecule is COc1ccc(CC(C)Nc2cc(Br)ccc2Cl)cc1. The summed E-state index contributed by atoms with van der Waals surface area (Å²) >= 11 is 9.64. The highest BCUT2D eigenvalue weighted by atomic mass is 79.9. The second kappa shape index (κ2) is 7.00. The van der Waals surface area contributed by atoms with Crippen LogP contribution in [-0.4, -0.2) is 13.2 Å². The monoisotopic (exact) mass is 353 g/mol. The number of methoxy groups -OCH3 is 1. The maximum Gasteiger partial charge on any atom is 0.118 e. The second-order valence-corrected chi connectivity index (χ2v) is 6.04. The third kappa shape index (κ3) is 4.15. The minimum atomic E-state index is 0.287. The zero-order chi connectivity index (χ0) is 14.5. The first-order valence-corrected chi connectivity index (χ1v) is 7.60. The number of nitrogens with one attached hydrogen (secondary N) is 1. The van der Waals surface area contributed by atoms with Gasteiger partial charge in [-0.25, -0.2) is 0 Å². The normalized spacial score (nSPS) is 12.0.